The first-order chi connectivity index (χ1) is 8.16. The Morgan fingerprint density at radius 3 is 2.76 bits per heavy atom. The molecule has 0 spiro atoms. The van der Waals surface area contributed by atoms with Crippen molar-refractivity contribution in [1.82, 2.24) is 15.2 Å². The summed E-state index contributed by atoms with van der Waals surface area (Å²) in [5, 5.41) is 18.1. The van der Waals surface area contributed by atoms with Crippen LogP contribution in [-0.4, -0.2) is 20.3 Å². The molecule has 4 heteroatoms. The Kier molecular flexibility index (Phi) is 3.44. The van der Waals surface area contributed by atoms with Crippen molar-refractivity contribution in [2.45, 2.75) is 26.4 Å². The first-order valence-electron chi connectivity index (χ1n) is 5.55. The number of aromatic nitrogens is 3. The molecule has 0 saturated carbocycles. The highest BCUT2D eigenvalue weighted by atomic mass is 16.3. The van der Waals surface area contributed by atoms with Gasteiger partial charge in [0.25, 0.3) is 0 Å². The Bertz CT molecular complexity index is 499. The van der Waals surface area contributed by atoms with Gasteiger partial charge in [-0.05, 0) is 32.0 Å². The van der Waals surface area contributed by atoms with Crippen LogP contribution in [0.3, 0.4) is 0 Å². The Labute approximate surface area is 100 Å². The van der Waals surface area contributed by atoms with Crippen LogP contribution in [0.2, 0.25) is 0 Å². The summed E-state index contributed by atoms with van der Waals surface area (Å²) in [6, 6.07) is 7.55. The molecule has 2 aromatic heterocycles. The number of pyridine rings is 1. The lowest BCUT2D eigenvalue weighted by molar-refractivity contribution is 0.175. The molecule has 0 aliphatic carbocycles. The molecule has 2 aromatic rings. The molecule has 0 fully saturated rings. The molecule has 0 bridgehead atoms. The zero-order valence-corrected chi connectivity index (χ0v) is 9.96. The number of aliphatic hydroxyl groups is 1. The van der Waals surface area contributed by atoms with E-state index < -0.39 is 6.10 Å². The van der Waals surface area contributed by atoms with E-state index in [1.807, 2.05) is 38.1 Å². The van der Waals surface area contributed by atoms with E-state index in [2.05, 4.69) is 15.2 Å². The maximum Gasteiger partial charge on any atom is 0.0864 e. The molecule has 1 unspecified atom stereocenters. The van der Waals surface area contributed by atoms with Crippen LogP contribution in [0.1, 0.15) is 28.7 Å². The summed E-state index contributed by atoms with van der Waals surface area (Å²) in [7, 11) is 0. The normalized spacial score (nSPS) is 12.4. The molecule has 0 radical (unpaired) electrons. The summed E-state index contributed by atoms with van der Waals surface area (Å²) in [6.45, 7) is 3.72. The standard InChI is InChI=1S/C13H15N3O/c1-9-7-12(10(2)16-15-9)13(17)8-11-5-3-4-6-14-11/h3-7,13,17H,8H2,1-2H3. The van der Waals surface area contributed by atoms with Crippen molar-refractivity contribution in [2.24, 2.45) is 0 Å². The molecule has 2 rings (SSSR count). The van der Waals surface area contributed by atoms with Crippen molar-refractivity contribution in [2.75, 3.05) is 0 Å². The van der Waals surface area contributed by atoms with Gasteiger partial charge in [0.2, 0.25) is 0 Å². The van der Waals surface area contributed by atoms with Gasteiger partial charge in [-0.25, -0.2) is 0 Å². The van der Waals surface area contributed by atoms with Gasteiger partial charge in [0.1, 0.15) is 0 Å². The minimum absolute atomic E-state index is 0.493. The van der Waals surface area contributed by atoms with Gasteiger partial charge in [0, 0.05) is 23.9 Å². The third-order valence-electron chi connectivity index (χ3n) is 2.63. The Morgan fingerprint density at radius 1 is 1.24 bits per heavy atom. The van der Waals surface area contributed by atoms with Gasteiger partial charge < -0.3 is 5.11 Å². The van der Waals surface area contributed by atoms with E-state index >= 15 is 0 Å². The van der Waals surface area contributed by atoms with Gasteiger partial charge in [-0.15, -0.1) is 0 Å². The van der Waals surface area contributed by atoms with Crippen LogP contribution in [-0.2, 0) is 6.42 Å². The highest BCUT2D eigenvalue weighted by Gasteiger charge is 2.13. The average molecular weight is 229 g/mol. The van der Waals surface area contributed by atoms with Gasteiger partial charge in [-0.1, -0.05) is 6.07 Å². The molecule has 1 atom stereocenters. The first-order valence-corrected chi connectivity index (χ1v) is 5.55. The minimum Gasteiger partial charge on any atom is -0.388 e. The number of aliphatic hydroxyl groups excluding tert-OH is 1. The van der Waals surface area contributed by atoms with Gasteiger partial charge in [0.15, 0.2) is 0 Å². The lowest BCUT2D eigenvalue weighted by atomic mass is 10.0. The van der Waals surface area contributed by atoms with E-state index in [-0.39, 0.29) is 0 Å². The number of hydrogen-bond donors (Lipinski definition) is 1. The third-order valence-corrected chi connectivity index (χ3v) is 2.63. The summed E-state index contributed by atoms with van der Waals surface area (Å²) < 4.78 is 0. The van der Waals surface area contributed by atoms with Crippen LogP contribution in [0.5, 0.6) is 0 Å². The van der Waals surface area contributed by atoms with Crippen LogP contribution in [0.15, 0.2) is 30.5 Å². The van der Waals surface area contributed by atoms with E-state index in [0.717, 1.165) is 22.6 Å². The largest absolute Gasteiger partial charge is 0.388 e. The van der Waals surface area contributed by atoms with Crippen LogP contribution in [0.4, 0.5) is 0 Å². The van der Waals surface area contributed by atoms with Crippen molar-refractivity contribution >= 4 is 0 Å². The molecule has 0 amide bonds. The van der Waals surface area contributed by atoms with Crippen molar-refractivity contribution in [3.05, 3.63) is 53.1 Å². The SMILES string of the molecule is Cc1cc(C(O)Cc2ccccn2)c(C)nn1. The third kappa shape index (κ3) is 2.85. The van der Waals surface area contributed by atoms with Crippen molar-refractivity contribution in [3.63, 3.8) is 0 Å². The van der Waals surface area contributed by atoms with E-state index in [1.54, 1.807) is 6.20 Å². The summed E-state index contributed by atoms with van der Waals surface area (Å²) in [5.41, 5.74) is 3.27. The van der Waals surface area contributed by atoms with Crippen molar-refractivity contribution in [1.29, 1.82) is 0 Å². The molecule has 4 nitrogen and oxygen atoms in total. The molecule has 88 valence electrons. The van der Waals surface area contributed by atoms with Crippen molar-refractivity contribution in [3.8, 4) is 0 Å². The summed E-state index contributed by atoms with van der Waals surface area (Å²) >= 11 is 0. The van der Waals surface area contributed by atoms with Gasteiger partial charge in [-0.3, -0.25) is 4.98 Å². The smallest absolute Gasteiger partial charge is 0.0864 e. The predicted molar refractivity (Wildman–Crippen MR) is 64.4 cm³/mol. The molecule has 0 aromatic carbocycles. The van der Waals surface area contributed by atoms with Gasteiger partial charge in [0.05, 0.1) is 17.5 Å². The Hall–Kier alpha value is -1.81. The van der Waals surface area contributed by atoms with E-state index in [4.69, 9.17) is 0 Å². The summed E-state index contributed by atoms with van der Waals surface area (Å²) in [6.07, 6.45) is 1.64. The molecule has 0 saturated heterocycles. The summed E-state index contributed by atoms with van der Waals surface area (Å²) in [4.78, 5) is 4.20. The number of rotatable bonds is 3. The van der Waals surface area contributed by atoms with Crippen LogP contribution >= 0.6 is 0 Å². The number of nitrogens with zero attached hydrogens (tertiary/aromatic N) is 3. The fourth-order valence-corrected chi connectivity index (χ4v) is 1.73. The maximum absolute atomic E-state index is 10.2. The lowest BCUT2D eigenvalue weighted by Crippen LogP contribution is -2.07. The quantitative estimate of drug-likeness (QED) is 0.871. The molecular weight excluding hydrogens is 214 g/mol. The molecule has 2 heterocycles. The highest BCUT2D eigenvalue weighted by molar-refractivity contribution is 5.23. The molecule has 0 aliphatic heterocycles. The zero-order chi connectivity index (χ0) is 12.3. The molecule has 0 aliphatic rings. The Morgan fingerprint density at radius 2 is 2.06 bits per heavy atom. The second kappa shape index (κ2) is 5.01. The monoisotopic (exact) mass is 229 g/mol. The Balaban J connectivity index is 2.20. The minimum atomic E-state index is -0.584. The molecule has 17 heavy (non-hydrogen) atoms. The summed E-state index contributed by atoms with van der Waals surface area (Å²) in [5.74, 6) is 0. The second-order valence-electron chi connectivity index (χ2n) is 4.07. The average Bonchev–Trinajstić information content (AvgIpc) is 2.33. The fourth-order valence-electron chi connectivity index (χ4n) is 1.73. The molecular formula is C13H15N3O. The fraction of sp³-hybridized carbons (Fsp3) is 0.308. The topological polar surface area (TPSA) is 58.9 Å². The first kappa shape index (κ1) is 11.7. The van der Waals surface area contributed by atoms with Gasteiger partial charge in [-0.2, -0.15) is 10.2 Å². The predicted octanol–water partition coefficient (Wildman–Crippen LogP) is 1.76. The van der Waals surface area contributed by atoms with Gasteiger partial charge >= 0.3 is 0 Å². The zero-order valence-electron chi connectivity index (χ0n) is 9.96. The van der Waals surface area contributed by atoms with E-state index in [9.17, 15) is 5.11 Å². The second-order valence-corrected chi connectivity index (χ2v) is 4.07. The maximum atomic E-state index is 10.2. The van der Waals surface area contributed by atoms with E-state index in [0.29, 0.717) is 6.42 Å². The van der Waals surface area contributed by atoms with E-state index in [1.165, 1.54) is 0 Å². The lowest BCUT2D eigenvalue weighted by Gasteiger charge is -2.12. The van der Waals surface area contributed by atoms with Crippen molar-refractivity contribution < 1.29 is 5.11 Å². The highest BCUT2D eigenvalue weighted by Crippen LogP contribution is 2.19. The number of hydrogen-bond acceptors (Lipinski definition) is 4. The van der Waals surface area contributed by atoms with Crippen LogP contribution in [0, 0.1) is 13.8 Å². The molecule has 1 N–H and O–H groups in total. The van der Waals surface area contributed by atoms with Crippen LogP contribution < -0.4 is 0 Å². The number of aryl methyl sites for hydroxylation is 2. The van der Waals surface area contributed by atoms with Crippen LogP contribution in [0.25, 0.3) is 0 Å².